The van der Waals surface area contributed by atoms with Crippen LogP contribution < -0.4 is 10.9 Å². The van der Waals surface area contributed by atoms with Crippen LogP contribution in [-0.4, -0.2) is 42.4 Å². The number of nitrogens with one attached hydrogen (secondary N) is 2. The zero-order valence-electron chi connectivity index (χ0n) is 11.7. The summed E-state index contributed by atoms with van der Waals surface area (Å²) in [7, 11) is 0. The van der Waals surface area contributed by atoms with Crippen LogP contribution in [0.4, 0.5) is 0 Å². The second kappa shape index (κ2) is 7.02. The molecule has 21 heavy (non-hydrogen) atoms. The van der Waals surface area contributed by atoms with Gasteiger partial charge in [0.15, 0.2) is 5.16 Å². The van der Waals surface area contributed by atoms with Gasteiger partial charge in [-0.05, 0) is 13.8 Å². The van der Waals surface area contributed by atoms with E-state index in [0.29, 0.717) is 23.9 Å². The van der Waals surface area contributed by atoms with Gasteiger partial charge in [-0.2, -0.15) is 5.10 Å². The fraction of sp³-hybridized carbons (Fsp3) is 0.417. The minimum atomic E-state index is -0.356. The van der Waals surface area contributed by atoms with Crippen molar-refractivity contribution in [1.29, 1.82) is 0 Å². The summed E-state index contributed by atoms with van der Waals surface area (Å²) in [5, 5.41) is 6.83. The number of aromatic nitrogens is 5. The van der Waals surface area contributed by atoms with Gasteiger partial charge >= 0.3 is 0 Å². The molecule has 0 bridgehead atoms. The van der Waals surface area contributed by atoms with E-state index < -0.39 is 0 Å². The Bertz CT molecular complexity index is 654. The fourth-order valence-corrected chi connectivity index (χ4v) is 2.50. The molecule has 0 spiro atoms. The molecule has 2 heterocycles. The molecule has 0 saturated heterocycles. The van der Waals surface area contributed by atoms with Crippen LogP contribution >= 0.6 is 11.8 Å². The number of H-pyrrole nitrogens is 1. The highest BCUT2D eigenvalue weighted by Crippen LogP contribution is 2.18. The Morgan fingerprint density at radius 2 is 2.38 bits per heavy atom. The van der Waals surface area contributed by atoms with Gasteiger partial charge in [0, 0.05) is 18.3 Å². The van der Waals surface area contributed by atoms with Gasteiger partial charge in [0.05, 0.1) is 11.8 Å². The number of aromatic amines is 1. The molecule has 9 heteroatoms. The van der Waals surface area contributed by atoms with Crippen molar-refractivity contribution in [3.63, 3.8) is 0 Å². The minimum absolute atomic E-state index is 0.121. The third-order valence-electron chi connectivity index (χ3n) is 2.61. The average Bonchev–Trinajstić information content (AvgIpc) is 2.90. The van der Waals surface area contributed by atoms with Gasteiger partial charge in [-0.3, -0.25) is 14.3 Å². The predicted molar refractivity (Wildman–Crippen MR) is 77.9 cm³/mol. The summed E-state index contributed by atoms with van der Waals surface area (Å²) in [6.07, 6.45) is 3.03. The van der Waals surface area contributed by atoms with Crippen molar-refractivity contribution in [2.75, 3.05) is 6.54 Å². The van der Waals surface area contributed by atoms with Gasteiger partial charge in [0.25, 0.3) is 5.56 Å². The maximum atomic E-state index is 11.9. The quantitative estimate of drug-likeness (QED) is 0.573. The van der Waals surface area contributed by atoms with E-state index in [9.17, 15) is 9.59 Å². The van der Waals surface area contributed by atoms with E-state index in [1.807, 2.05) is 0 Å². The first-order chi connectivity index (χ1) is 10.0. The van der Waals surface area contributed by atoms with E-state index in [-0.39, 0.29) is 16.7 Å². The number of carbonyl (C=O) groups is 1. The third kappa shape index (κ3) is 4.71. The van der Waals surface area contributed by atoms with E-state index in [1.54, 1.807) is 24.9 Å². The standard InChI is InChI=1S/C12H16N6O2S/c1-8-5-10(19)17-12(16-8)21-9(2)11(20)14-3-4-18-7-13-6-15-18/h5-7,9H,3-4H2,1-2H3,(H,14,20)(H,16,17,19). The largest absolute Gasteiger partial charge is 0.353 e. The maximum absolute atomic E-state index is 11.9. The molecule has 0 radical (unpaired) electrons. The summed E-state index contributed by atoms with van der Waals surface area (Å²) in [6, 6.07) is 1.41. The molecule has 2 N–H and O–H groups in total. The molecule has 0 aromatic carbocycles. The highest BCUT2D eigenvalue weighted by atomic mass is 32.2. The van der Waals surface area contributed by atoms with Crippen molar-refractivity contribution < 1.29 is 4.79 Å². The molecule has 1 amide bonds. The van der Waals surface area contributed by atoms with Crippen molar-refractivity contribution in [2.45, 2.75) is 30.8 Å². The van der Waals surface area contributed by atoms with Gasteiger partial charge in [-0.1, -0.05) is 11.8 Å². The Balaban J connectivity index is 1.83. The second-order valence-electron chi connectivity index (χ2n) is 4.40. The number of amides is 1. The van der Waals surface area contributed by atoms with E-state index >= 15 is 0 Å². The number of nitrogens with zero attached hydrogens (tertiary/aromatic N) is 4. The van der Waals surface area contributed by atoms with Crippen LogP contribution in [0.5, 0.6) is 0 Å². The summed E-state index contributed by atoms with van der Waals surface area (Å²) in [5.74, 6) is -0.121. The highest BCUT2D eigenvalue weighted by Gasteiger charge is 2.15. The Labute approximate surface area is 125 Å². The Kier molecular flexibility index (Phi) is 5.09. The fourth-order valence-electron chi connectivity index (χ4n) is 1.61. The number of carbonyl (C=O) groups excluding carboxylic acids is 1. The van der Waals surface area contributed by atoms with E-state index in [1.165, 1.54) is 24.2 Å². The molecule has 112 valence electrons. The Morgan fingerprint density at radius 1 is 1.57 bits per heavy atom. The van der Waals surface area contributed by atoms with E-state index in [0.717, 1.165) is 0 Å². The number of hydrogen-bond donors (Lipinski definition) is 2. The van der Waals surface area contributed by atoms with Gasteiger partial charge in [-0.15, -0.1) is 0 Å². The molecule has 0 saturated carbocycles. The lowest BCUT2D eigenvalue weighted by Gasteiger charge is -2.11. The first-order valence-corrected chi connectivity index (χ1v) is 7.27. The lowest BCUT2D eigenvalue weighted by atomic mass is 10.4. The molecule has 0 aliphatic rings. The highest BCUT2D eigenvalue weighted by molar-refractivity contribution is 8.00. The van der Waals surface area contributed by atoms with Gasteiger partial charge < -0.3 is 10.3 Å². The van der Waals surface area contributed by atoms with Crippen molar-refractivity contribution in [3.8, 4) is 0 Å². The van der Waals surface area contributed by atoms with Crippen LogP contribution in [0.25, 0.3) is 0 Å². The molecular weight excluding hydrogens is 292 g/mol. The van der Waals surface area contributed by atoms with Crippen LogP contribution in [0.3, 0.4) is 0 Å². The smallest absolute Gasteiger partial charge is 0.251 e. The molecule has 8 nitrogen and oxygen atoms in total. The minimum Gasteiger partial charge on any atom is -0.353 e. The maximum Gasteiger partial charge on any atom is 0.251 e. The molecule has 2 rings (SSSR count). The summed E-state index contributed by atoms with van der Waals surface area (Å²) < 4.78 is 1.64. The van der Waals surface area contributed by atoms with Crippen molar-refractivity contribution in [2.24, 2.45) is 0 Å². The first kappa shape index (κ1) is 15.2. The van der Waals surface area contributed by atoms with Crippen LogP contribution in [0.15, 0.2) is 28.7 Å². The SMILES string of the molecule is Cc1cc(=O)[nH]c(SC(C)C(=O)NCCn2cncn2)n1. The number of aryl methyl sites for hydroxylation is 1. The summed E-state index contributed by atoms with van der Waals surface area (Å²) >= 11 is 1.21. The monoisotopic (exact) mass is 308 g/mol. The molecule has 1 unspecified atom stereocenters. The van der Waals surface area contributed by atoms with Gasteiger partial charge in [0.2, 0.25) is 5.91 Å². The summed E-state index contributed by atoms with van der Waals surface area (Å²) in [5.41, 5.74) is 0.406. The second-order valence-corrected chi connectivity index (χ2v) is 5.73. The number of hydrogen-bond acceptors (Lipinski definition) is 6. The summed E-state index contributed by atoms with van der Waals surface area (Å²) in [4.78, 5) is 33.9. The van der Waals surface area contributed by atoms with Crippen molar-refractivity contribution in [3.05, 3.63) is 34.8 Å². The van der Waals surface area contributed by atoms with Crippen molar-refractivity contribution >= 4 is 17.7 Å². The third-order valence-corrected chi connectivity index (χ3v) is 3.60. The van der Waals surface area contributed by atoms with Crippen LogP contribution in [0.2, 0.25) is 0 Å². The molecule has 0 aliphatic heterocycles. The Hall–Kier alpha value is -2.16. The van der Waals surface area contributed by atoms with Crippen LogP contribution in [-0.2, 0) is 11.3 Å². The van der Waals surface area contributed by atoms with E-state index in [4.69, 9.17) is 0 Å². The lowest BCUT2D eigenvalue weighted by Crippen LogP contribution is -2.33. The van der Waals surface area contributed by atoms with Gasteiger partial charge in [0.1, 0.15) is 12.7 Å². The molecule has 1 atom stereocenters. The molecule has 2 aromatic rings. The van der Waals surface area contributed by atoms with Crippen LogP contribution in [0, 0.1) is 6.92 Å². The zero-order chi connectivity index (χ0) is 15.2. The zero-order valence-corrected chi connectivity index (χ0v) is 12.6. The Morgan fingerprint density at radius 3 is 3.05 bits per heavy atom. The molecule has 0 fully saturated rings. The molecule has 0 aliphatic carbocycles. The first-order valence-electron chi connectivity index (χ1n) is 6.39. The van der Waals surface area contributed by atoms with E-state index in [2.05, 4.69) is 25.4 Å². The summed E-state index contributed by atoms with van der Waals surface area (Å²) in [6.45, 7) is 4.52. The van der Waals surface area contributed by atoms with Crippen LogP contribution in [0.1, 0.15) is 12.6 Å². The lowest BCUT2D eigenvalue weighted by molar-refractivity contribution is -0.120. The predicted octanol–water partition coefficient (Wildman–Crippen LogP) is -0.0332. The topological polar surface area (TPSA) is 106 Å². The van der Waals surface area contributed by atoms with Gasteiger partial charge in [-0.25, -0.2) is 9.97 Å². The van der Waals surface area contributed by atoms with Crippen molar-refractivity contribution in [1.82, 2.24) is 30.0 Å². The molecule has 2 aromatic heterocycles. The molecular formula is C12H16N6O2S. The number of rotatable bonds is 6. The average molecular weight is 308 g/mol. The number of thioether (sulfide) groups is 1. The normalized spacial score (nSPS) is 12.1.